The van der Waals surface area contributed by atoms with Crippen LogP contribution in [0.1, 0.15) is 44.2 Å². The number of amides is 1. The van der Waals surface area contributed by atoms with Crippen LogP contribution in [0.25, 0.3) is 0 Å². The molecule has 0 fully saturated rings. The van der Waals surface area contributed by atoms with Crippen LogP contribution in [0.15, 0.2) is 18.2 Å². The first kappa shape index (κ1) is 14.9. The van der Waals surface area contributed by atoms with Gasteiger partial charge in [0.05, 0.1) is 0 Å². The van der Waals surface area contributed by atoms with E-state index in [9.17, 15) is 4.79 Å². The van der Waals surface area contributed by atoms with Gasteiger partial charge >= 0.3 is 0 Å². The van der Waals surface area contributed by atoms with Crippen LogP contribution in [0.3, 0.4) is 0 Å². The molecular formula is C17H25NO2. The highest BCUT2D eigenvalue weighted by Crippen LogP contribution is 2.29. The highest BCUT2D eigenvalue weighted by atomic mass is 16.5. The Balaban J connectivity index is 1.83. The molecule has 3 nitrogen and oxygen atoms in total. The molecule has 1 aliphatic rings. The highest BCUT2D eigenvalue weighted by molar-refractivity contribution is 5.77. The molecule has 0 aromatic heterocycles. The monoisotopic (exact) mass is 275 g/mol. The van der Waals surface area contributed by atoms with E-state index in [0.717, 1.165) is 31.6 Å². The van der Waals surface area contributed by atoms with Crippen molar-refractivity contribution in [2.75, 3.05) is 13.2 Å². The molecule has 0 saturated heterocycles. The first-order valence-corrected chi connectivity index (χ1v) is 7.67. The van der Waals surface area contributed by atoms with E-state index >= 15 is 0 Å². The number of carbonyl (C=O) groups is 1. The molecule has 0 heterocycles. The lowest BCUT2D eigenvalue weighted by molar-refractivity contribution is -0.123. The molecule has 0 saturated carbocycles. The standard InChI is InChI=1S/C17H25NO2/c1-13(2)10-11-18-17(19)12-20-16-9-5-7-14-6-3-4-8-15(14)16/h5,7,9,13H,3-4,6,8,10-12H2,1-2H3,(H,18,19). The van der Waals surface area contributed by atoms with Gasteiger partial charge in [-0.05, 0) is 55.2 Å². The first-order valence-electron chi connectivity index (χ1n) is 7.67. The Labute approximate surface area is 121 Å². The summed E-state index contributed by atoms with van der Waals surface area (Å²) in [5.74, 6) is 1.47. The second-order valence-corrected chi connectivity index (χ2v) is 5.92. The molecule has 1 aromatic rings. The summed E-state index contributed by atoms with van der Waals surface area (Å²) in [4.78, 5) is 11.7. The van der Waals surface area contributed by atoms with Crippen LogP contribution >= 0.6 is 0 Å². The van der Waals surface area contributed by atoms with Crippen molar-refractivity contribution < 1.29 is 9.53 Å². The third-order valence-electron chi connectivity index (χ3n) is 3.76. The van der Waals surface area contributed by atoms with E-state index in [1.165, 1.54) is 24.0 Å². The summed E-state index contributed by atoms with van der Waals surface area (Å²) in [5.41, 5.74) is 2.68. The van der Waals surface area contributed by atoms with Gasteiger partial charge in [-0.25, -0.2) is 0 Å². The summed E-state index contributed by atoms with van der Waals surface area (Å²) >= 11 is 0. The number of hydrogen-bond acceptors (Lipinski definition) is 2. The summed E-state index contributed by atoms with van der Waals surface area (Å²) in [6.07, 6.45) is 5.68. The van der Waals surface area contributed by atoms with Gasteiger partial charge in [-0.15, -0.1) is 0 Å². The molecule has 1 aromatic carbocycles. The SMILES string of the molecule is CC(C)CCNC(=O)COc1cccc2c1CCCC2. The maximum absolute atomic E-state index is 11.7. The molecule has 0 radical (unpaired) electrons. The lowest BCUT2D eigenvalue weighted by Gasteiger charge is -2.19. The van der Waals surface area contributed by atoms with Gasteiger partial charge in [0.2, 0.25) is 0 Å². The largest absolute Gasteiger partial charge is 0.483 e. The van der Waals surface area contributed by atoms with Gasteiger partial charge < -0.3 is 10.1 Å². The summed E-state index contributed by atoms with van der Waals surface area (Å²) < 4.78 is 5.71. The fourth-order valence-electron chi connectivity index (χ4n) is 2.58. The average molecular weight is 275 g/mol. The molecule has 20 heavy (non-hydrogen) atoms. The minimum absolute atomic E-state index is 0.0286. The molecule has 0 bridgehead atoms. The van der Waals surface area contributed by atoms with Gasteiger partial charge in [-0.2, -0.15) is 0 Å². The molecule has 110 valence electrons. The van der Waals surface area contributed by atoms with Crippen molar-refractivity contribution in [2.24, 2.45) is 5.92 Å². The molecule has 1 N–H and O–H groups in total. The topological polar surface area (TPSA) is 38.3 Å². The summed E-state index contributed by atoms with van der Waals surface area (Å²) in [5, 5.41) is 2.90. The Kier molecular flexibility index (Phi) is 5.45. The average Bonchev–Trinajstić information content (AvgIpc) is 2.44. The van der Waals surface area contributed by atoms with Crippen molar-refractivity contribution >= 4 is 5.91 Å². The first-order chi connectivity index (χ1) is 9.66. The number of rotatable bonds is 6. The number of fused-ring (bicyclic) bond motifs is 1. The van der Waals surface area contributed by atoms with Crippen molar-refractivity contribution in [1.82, 2.24) is 5.32 Å². The second-order valence-electron chi connectivity index (χ2n) is 5.92. The van der Waals surface area contributed by atoms with E-state index in [4.69, 9.17) is 4.74 Å². The van der Waals surface area contributed by atoms with Crippen molar-refractivity contribution in [3.63, 3.8) is 0 Å². The Morgan fingerprint density at radius 2 is 2.10 bits per heavy atom. The number of ether oxygens (including phenoxy) is 1. The summed E-state index contributed by atoms with van der Waals surface area (Å²) in [6, 6.07) is 6.17. The Hall–Kier alpha value is -1.51. The van der Waals surface area contributed by atoms with Crippen LogP contribution in [-0.2, 0) is 17.6 Å². The molecule has 1 amide bonds. The molecule has 1 aliphatic carbocycles. The minimum atomic E-state index is -0.0286. The van der Waals surface area contributed by atoms with Crippen LogP contribution in [0.4, 0.5) is 0 Å². The fraction of sp³-hybridized carbons (Fsp3) is 0.588. The van der Waals surface area contributed by atoms with E-state index in [2.05, 4.69) is 25.2 Å². The third kappa shape index (κ3) is 4.26. The molecule has 0 atom stereocenters. The van der Waals surface area contributed by atoms with Gasteiger partial charge in [0, 0.05) is 6.54 Å². The highest BCUT2D eigenvalue weighted by Gasteiger charge is 2.14. The smallest absolute Gasteiger partial charge is 0.257 e. The van der Waals surface area contributed by atoms with E-state index in [-0.39, 0.29) is 12.5 Å². The maximum Gasteiger partial charge on any atom is 0.257 e. The van der Waals surface area contributed by atoms with E-state index in [1.807, 2.05) is 12.1 Å². The van der Waals surface area contributed by atoms with Gasteiger partial charge in [-0.3, -0.25) is 4.79 Å². The number of carbonyl (C=O) groups excluding carboxylic acids is 1. The number of nitrogens with one attached hydrogen (secondary N) is 1. The Morgan fingerprint density at radius 3 is 2.90 bits per heavy atom. The Morgan fingerprint density at radius 1 is 1.30 bits per heavy atom. The van der Waals surface area contributed by atoms with Gasteiger partial charge in [0.25, 0.3) is 5.91 Å². The molecule has 0 unspecified atom stereocenters. The predicted molar refractivity (Wildman–Crippen MR) is 81.0 cm³/mol. The van der Waals surface area contributed by atoms with Crippen molar-refractivity contribution in [2.45, 2.75) is 46.0 Å². The Bertz CT molecular complexity index is 454. The molecule has 3 heteroatoms. The molecular weight excluding hydrogens is 250 g/mol. The van der Waals surface area contributed by atoms with Crippen molar-refractivity contribution in [3.05, 3.63) is 29.3 Å². The summed E-state index contributed by atoms with van der Waals surface area (Å²) in [6.45, 7) is 5.15. The van der Waals surface area contributed by atoms with Crippen molar-refractivity contribution in [3.8, 4) is 5.75 Å². The molecule has 2 rings (SSSR count). The minimum Gasteiger partial charge on any atom is -0.483 e. The van der Waals surface area contributed by atoms with Gasteiger partial charge in [0.15, 0.2) is 6.61 Å². The third-order valence-corrected chi connectivity index (χ3v) is 3.76. The van der Waals surface area contributed by atoms with E-state index in [0.29, 0.717) is 5.92 Å². The molecule has 0 aliphatic heterocycles. The number of aryl methyl sites for hydroxylation is 1. The zero-order valence-corrected chi connectivity index (χ0v) is 12.6. The zero-order chi connectivity index (χ0) is 14.4. The lowest BCUT2D eigenvalue weighted by atomic mass is 9.91. The van der Waals surface area contributed by atoms with Crippen LogP contribution in [0, 0.1) is 5.92 Å². The predicted octanol–water partition coefficient (Wildman–Crippen LogP) is 3.11. The maximum atomic E-state index is 11.7. The fourth-order valence-corrected chi connectivity index (χ4v) is 2.58. The van der Waals surface area contributed by atoms with E-state index in [1.54, 1.807) is 0 Å². The van der Waals surface area contributed by atoms with Gasteiger partial charge in [-0.1, -0.05) is 26.0 Å². The lowest BCUT2D eigenvalue weighted by Crippen LogP contribution is -2.30. The quantitative estimate of drug-likeness (QED) is 0.866. The van der Waals surface area contributed by atoms with Crippen LogP contribution < -0.4 is 10.1 Å². The van der Waals surface area contributed by atoms with Crippen molar-refractivity contribution in [1.29, 1.82) is 0 Å². The second kappa shape index (κ2) is 7.32. The zero-order valence-electron chi connectivity index (χ0n) is 12.6. The van der Waals surface area contributed by atoms with Crippen LogP contribution in [-0.4, -0.2) is 19.1 Å². The van der Waals surface area contributed by atoms with Crippen LogP contribution in [0.2, 0.25) is 0 Å². The summed E-state index contributed by atoms with van der Waals surface area (Å²) in [7, 11) is 0. The van der Waals surface area contributed by atoms with E-state index < -0.39 is 0 Å². The number of benzene rings is 1. The normalized spacial score (nSPS) is 13.9. The van der Waals surface area contributed by atoms with Gasteiger partial charge in [0.1, 0.15) is 5.75 Å². The molecule has 0 spiro atoms. The van der Waals surface area contributed by atoms with Crippen LogP contribution in [0.5, 0.6) is 5.75 Å². The number of hydrogen-bond donors (Lipinski definition) is 1.